The van der Waals surface area contributed by atoms with E-state index in [9.17, 15) is 13.2 Å². The van der Waals surface area contributed by atoms with Gasteiger partial charge in [0.05, 0.1) is 7.11 Å². The van der Waals surface area contributed by atoms with E-state index in [4.69, 9.17) is 21.1 Å². The van der Waals surface area contributed by atoms with Crippen molar-refractivity contribution in [3.63, 3.8) is 0 Å². The quantitative estimate of drug-likeness (QED) is 0.805. The Morgan fingerprint density at radius 2 is 1.65 bits per heavy atom. The third-order valence-corrected chi connectivity index (χ3v) is 2.42. The lowest BCUT2D eigenvalue weighted by Crippen LogP contribution is -2.09. The van der Waals surface area contributed by atoms with Crippen molar-refractivity contribution >= 4 is 11.6 Å². The van der Waals surface area contributed by atoms with Gasteiger partial charge in [-0.2, -0.15) is 18.2 Å². The van der Waals surface area contributed by atoms with E-state index in [0.29, 0.717) is 17.6 Å². The first-order valence-electron chi connectivity index (χ1n) is 5.32. The Morgan fingerprint density at radius 1 is 1.05 bits per heavy atom. The number of hydrogen-bond acceptors (Lipinski definition) is 4. The van der Waals surface area contributed by atoms with Crippen LogP contribution < -0.4 is 9.47 Å². The Balaban J connectivity index is 2.26. The van der Waals surface area contributed by atoms with Crippen LogP contribution in [-0.2, 0) is 6.18 Å². The summed E-state index contributed by atoms with van der Waals surface area (Å²) in [5.74, 6) is 0.602. The number of halogens is 4. The van der Waals surface area contributed by atoms with Crippen LogP contribution in [0.25, 0.3) is 0 Å². The summed E-state index contributed by atoms with van der Waals surface area (Å²) < 4.78 is 47.8. The SMILES string of the molecule is COc1ccc(Oc2cc(C(F)(F)F)nc(Cl)n2)cc1. The molecule has 8 heteroatoms. The number of alkyl halides is 3. The van der Waals surface area contributed by atoms with Gasteiger partial charge in [0, 0.05) is 6.07 Å². The van der Waals surface area contributed by atoms with E-state index >= 15 is 0 Å². The van der Waals surface area contributed by atoms with E-state index in [-0.39, 0.29) is 5.88 Å². The molecule has 0 N–H and O–H groups in total. The molecule has 0 atom stereocenters. The predicted molar refractivity (Wildman–Crippen MR) is 65.1 cm³/mol. The summed E-state index contributed by atoms with van der Waals surface area (Å²) in [6, 6.07) is 6.94. The largest absolute Gasteiger partial charge is 0.497 e. The fourth-order valence-corrected chi connectivity index (χ4v) is 1.53. The molecule has 1 aromatic carbocycles. The van der Waals surface area contributed by atoms with Crippen LogP contribution in [0.1, 0.15) is 5.69 Å². The number of benzene rings is 1. The molecule has 2 rings (SSSR count). The summed E-state index contributed by atoms with van der Waals surface area (Å²) in [5, 5.41) is -0.539. The van der Waals surface area contributed by atoms with Crippen LogP contribution in [0.2, 0.25) is 5.28 Å². The van der Waals surface area contributed by atoms with Gasteiger partial charge >= 0.3 is 6.18 Å². The molecule has 1 aromatic heterocycles. The van der Waals surface area contributed by atoms with Crippen LogP contribution in [0.3, 0.4) is 0 Å². The standard InChI is InChI=1S/C12H8ClF3N2O2/c1-19-7-2-4-8(5-3-7)20-10-6-9(12(14,15)16)17-11(13)18-10/h2-6H,1H3. The molecule has 4 nitrogen and oxygen atoms in total. The van der Waals surface area contributed by atoms with Gasteiger partial charge in [-0.1, -0.05) is 0 Å². The van der Waals surface area contributed by atoms with Gasteiger partial charge in [-0.05, 0) is 35.9 Å². The maximum Gasteiger partial charge on any atom is 0.433 e. The van der Waals surface area contributed by atoms with E-state index in [2.05, 4.69) is 9.97 Å². The minimum absolute atomic E-state index is 0.289. The number of aromatic nitrogens is 2. The average molecular weight is 305 g/mol. The summed E-state index contributed by atoms with van der Waals surface area (Å²) >= 11 is 5.45. The molecule has 0 bridgehead atoms. The van der Waals surface area contributed by atoms with Gasteiger partial charge in [0.25, 0.3) is 0 Å². The Kier molecular flexibility index (Phi) is 3.99. The summed E-state index contributed by atoms with van der Waals surface area (Å²) in [6.07, 6.45) is -4.62. The van der Waals surface area contributed by atoms with Crippen molar-refractivity contribution in [2.24, 2.45) is 0 Å². The zero-order valence-corrected chi connectivity index (χ0v) is 10.9. The lowest BCUT2D eigenvalue weighted by Gasteiger charge is -2.09. The second-order valence-corrected chi connectivity index (χ2v) is 3.97. The zero-order valence-electron chi connectivity index (χ0n) is 10.1. The lowest BCUT2D eigenvalue weighted by molar-refractivity contribution is -0.141. The molecule has 0 saturated heterocycles. The molecule has 0 saturated carbocycles. The van der Waals surface area contributed by atoms with Crippen molar-refractivity contribution in [2.75, 3.05) is 7.11 Å². The van der Waals surface area contributed by atoms with Crippen molar-refractivity contribution < 1.29 is 22.6 Å². The number of ether oxygens (including phenoxy) is 2. The number of nitrogens with zero attached hydrogens (tertiary/aromatic N) is 2. The summed E-state index contributed by atoms with van der Waals surface area (Å²) in [5.41, 5.74) is -1.17. The molecular weight excluding hydrogens is 297 g/mol. The van der Waals surface area contributed by atoms with E-state index in [0.717, 1.165) is 0 Å². The molecule has 0 aliphatic heterocycles. The monoisotopic (exact) mass is 304 g/mol. The third-order valence-electron chi connectivity index (χ3n) is 2.25. The predicted octanol–water partition coefficient (Wildman–Crippen LogP) is 3.95. The molecular formula is C12H8ClF3N2O2. The first kappa shape index (κ1) is 14.4. The Labute approximate surface area is 117 Å². The lowest BCUT2D eigenvalue weighted by atomic mass is 10.3. The van der Waals surface area contributed by atoms with Gasteiger partial charge in [-0.3, -0.25) is 0 Å². The van der Waals surface area contributed by atoms with E-state index in [1.54, 1.807) is 12.1 Å². The molecule has 0 aliphatic rings. The first-order valence-corrected chi connectivity index (χ1v) is 5.70. The highest BCUT2D eigenvalue weighted by molar-refractivity contribution is 6.28. The molecule has 20 heavy (non-hydrogen) atoms. The van der Waals surface area contributed by atoms with E-state index < -0.39 is 17.2 Å². The van der Waals surface area contributed by atoms with Gasteiger partial charge in [0.1, 0.15) is 11.5 Å². The maximum absolute atomic E-state index is 12.6. The minimum atomic E-state index is -4.62. The van der Waals surface area contributed by atoms with Gasteiger partial charge in [-0.25, -0.2) is 4.98 Å². The molecule has 0 unspecified atom stereocenters. The van der Waals surface area contributed by atoms with Gasteiger partial charge in [-0.15, -0.1) is 0 Å². The normalized spacial score (nSPS) is 11.2. The highest BCUT2D eigenvalue weighted by Gasteiger charge is 2.33. The van der Waals surface area contributed by atoms with Crippen LogP contribution >= 0.6 is 11.6 Å². The molecule has 2 aromatic rings. The van der Waals surface area contributed by atoms with Crippen molar-refractivity contribution in [3.05, 3.63) is 41.3 Å². The highest BCUT2D eigenvalue weighted by atomic mass is 35.5. The number of hydrogen-bond donors (Lipinski definition) is 0. The van der Waals surface area contributed by atoms with Crippen molar-refractivity contribution in [3.8, 4) is 17.4 Å². The van der Waals surface area contributed by atoms with Crippen molar-refractivity contribution in [1.29, 1.82) is 0 Å². The van der Waals surface area contributed by atoms with Crippen LogP contribution in [0.15, 0.2) is 30.3 Å². The summed E-state index contributed by atoms with van der Waals surface area (Å²) in [4.78, 5) is 6.69. The zero-order chi connectivity index (χ0) is 14.8. The molecule has 0 aliphatic carbocycles. The summed E-state index contributed by atoms with van der Waals surface area (Å²) in [7, 11) is 1.50. The van der Waals surface area contributed by atoms with Crippen LogP contribution in [0.4, 0.5) is 13.2 Å². The average Bonchev–Trinajstić information content (AvgIpc) is 2.38. The van der Waals surface area contributed by atoms with Crippen LogP contribution in [0.5, 0.6) is 17.4 Å². The minimum Gasteiger partial charge on any atom is -0.497 e. The first-order chi connectivity index (χ1) is 9.38. The molecule has 0 fully saturated rings. The summed E-state index contributed by atoms with van der Waals surface area (Å²) in [6.45, 7) is 0. The van der Waals surface area contributed by atoms with Crippen molar-refractivity contribution in [2.45, 2.75) is 6.18 Å². The number of methoxy groups -OCH3 is 1. The Morgan fingerprint density at radius 3 is 2.20 bits per heavy atom. The molecule has 0 radical (unpaired) electrons. The maximum atomic E-state index is 12.6. The second-order valence-electron chi connectivity index (χ2n) is 3.64. The highest BCUT2D eigenvalue weighted by Crippen LogP contribution is 2.31. The molecule has 0 amide bonds. The Hall–Kier alpha value is -2.02. The number of rotatable bonds is 3. The van der Waals surface area contributed by atoms with Crippen LogP contribution in [-0.4, -0.2) is 17.1 Å². The van der Waals surface area contributed by atoms with Crippen molar-refractivity contribution in [1.82, 2.24) is 9.97 Å². The fraction of sp³-hybridized carbons (Fsp3) is 0.167. The van der Waals surface area contributed by atoms with Gasteiger partial charge in [0.15, 0.2) is 5.69 Å². The molecule has 106 valence electrons. The molecule has 1 heterocycles. The Bertz CT molecular complexity index is 603. The van der Waals surface area contributed by atoms with Crippen LogP contribution in [0, 0.1) is 0 Å². The van der Waals surface area contributed by atoms with E-state index in [1.165, 1.54) is 19.2 Å². The topological polar surface area (TPSA) is 44.2 Å². The fourth-order valence-electron chi connectivity index (χ4n) is 1.36. The van der Waals surface area contributed by atoms with Gasteiger partial charge < -0.3 is 9.47 Å². The van der Waals surface area contributed by atoms with Gasteiger partial charge in [0.2, 0.25) is 11.2 Å². The molecule has 0 spiro atoms. The third kappa shape index (κ3) is 3.51. The second kappa shape index (κ2) is 5.54. The smallest absolute Gasteiger partial charge is 0.433 e. The van der Waals surface area contributed by atoms with E-state index in [1.807, 2.05) is 0 Å².